The van der Waals surface area contributed by atoms with E-state index >= 15 is 0 Å². The summed E-state index contributed by atoms with van der Waals surface area (Å²) in [5, 5.41) is 1.31. The molecule has 40 heavy (non-hydrogen) atoms. The van der Waals surface area contributed by atoms with Gasteiger partial charge >= 0.3 is 0 Å². The molecule has 6 rings (SSSR count). The van der Waals surface area contributed by atoms with Crippen molar-refractivity contribution in [1.29, 1.82) is 0 Å². The van der Waals surface area contributed by atoms with E-state index in [0.29, 0.717) is 12.0 Å². The molecule has 0 aliphatic carbocycles. The Morgan fingerprint density at radius 3 is 2.48 bits per heavy atom. The number of pyridine rings is 2. The van der Waals surface area contributed by atoms with Crippen molar-refractivity contribution in [2.75, 3.05) is 71.4 Å². The molecule has 1 unspecified atom stereocenters. The molecule has 0 N–H and O–H groups in total. The highest BCUT2D eigenvalue weighted by molar-refractivity contribution is 5.90. The molecule has 8 heteroatoms. The third-order valence-corrected chi connectivity index (χ3v) is 9.14. The van der Waals surface area contributed by atoms with Crippen molar-refractivity contribution in [2.45, 2.75) is 52.2 Å². The minimum Gasteiger partial charge on any atom is -0.365 e. The summed E-state index contributed by atoms with van der Waals surface area (Å²) >= 11 is 0. The molecule has 0 bridgehead atoms. The smallest absolute Gasteiger partial charge is 0.140 e. The Labute approximate surface area is 239 Å². The molecule has 8 nitrogen and oxygen atoms in total. The van der Waals surface area contributed by atoms with E-state index in [4.69, 9.17) is 9.97 Å². The Bertz CT molecular complexity index is 1460. The van der Waals surface area contributed by atoms with Crippen LogP contribution >= 0.6 is 0 Å². The molecule has 2 aliphatic rings. The minimum absolute atomic E-state index is 0.278. The number of piperazine rings is 2. The van der Waals surface area contributed by atoms with Gasteiger partial charge in [0.2, 0.25) is 0 Å². The van der Waals surface area contributed by atoms with E-state index in [-0.39, 0.29) is 6.04 Å². The SMILES string of the molecule is CC(C)c1cn(CCN2CCN(C)CC2)c2ncc(C3CN(c4cn(C(C)C)c5cccnc45)CCN3C)cc12. The highest BCUT2D eigenvalue weighted by Crippen LogP contribution is 2.35. The summed E-state index contributed by atoms with van der Waals surface area (Å²) in [7, 11) is 4.48. The number of fused-ring (bicyclic) bond motifs is 2. The molecule has 2 saturated heterocycles. The number of hydrogen-bond acceptors (Lipinski definition) is 6. The lowest BCUT2D eigenvalue weighted by Crippen LogP contribution is -2.46. The Balaban J connectivity index is 1.28. The summed E-state index contributed by atoms with van der Waals surface area (Å²) in [5.41, 5.74) is 7.40. The van der Waals surface area contributed by atoms with Gasteiger partial charge in [-0.25, -0.2) is 4.98 Å². The molecule has 4 aromatic heterocycles. The van der Waals surface area contributed by atoms with Crippen molar-refractivity contribution in [3.05, 3.63) is 54.1 Å². The molecular weight excluding hydrogens is 496 g/mol. The maximum atomic E-state index is 5.12. The molecule has 4 aromatic rings. The Kier molecular flexibility index (Phi) is 7.59. The summed E-state index contributed by atoms with van der Waals surface area (Å²) in [6.07, 6.45) is 8.73. The third kappa shape index (κ3) is 5.13. The van der Waals surface area contributed by atoms with Crippen LogP contribution in [0.3, 0.4) is 0 Å². The van der Waals surface area contributed by atoms with E-state index in [9.17, 15) is 0 Å². The monoisotopic (exact) mass is 542 g/mol. The molecule has 1 atom stereocenters. The zero-order valence-electron chi connectivity index (χ0n) is 25.2. The maximum Gasteiger partial charge on any atom is 0.140 e. The van der Waals surface area contributed by atoms with Crippen molar-refractivity contribution in [1.82, 2.24) is 33.8 Å². The molecule has 214 valence electrons. The van der Waals surface area contributed by atoms with E-state index in [2.05, 4.69) is 101 Å². The number of aromatic nitrogens is 4. The number of anilines is 1. The second-order valence-electron chi connectivity index (χ2n) is 12.5. The average Bonchev–Trinajstić information content (AvgIpc) is 3.52. The topological polar surface area (TPSA) is 48.6 Å². The zero-order valence-corrected chi connectivity index (χ0v) is 25.2. The molecular formula is C32H46N8. The zero-order chi connectivity index (χ0) is 28.0. The van der Waals surface area contributed by atoms with Gasteiger partial charge in [-0.3, -0.25) is 14.8 Å². The Morgan fingerprint density at radius 2 is 1.73 bits per heavy atom. The fraction of sp³-hybridized carbons (Fsp3) is 0.562. The van der Waals surface area contributed by atoms with E-state index in [1.807, 2.05) is 12.3 Å². The van der Waals surface area contributed by atoms with Crippen molar-refractivity contribution in [3.8, 4) is 0 Å². The molecule has 0 radical (unpaired) electrons. The van der Waals surface area contributed by atoms with Crippen LogP contribution in [-0.4, -0.2) is 100 Å². The lowest BCUT2D eigenvalue weighted by Gasteiger charge is -2.40. The van der Waals surface area contributed by atoms with Gasteiger partial charge in [0.25, 0.3) is 0 Å². The van der Waals surface area contributed by atoms with Gasteiger partial charge in [-0.1, -0.05) is 13.8 Å². The third-order valence-electron chi connectivity index (χ3n) is 9.14. The first-order valence-electron chi connectivity index (χ1n) is 15.1. The van der Waals surface area contributed by atoms with Crippen LogP contribution in [0.1, 0.15) is 56.8 Å². The quantitative estimate of drug-likeness (QED) is 0.333. The maximum absolute atomic E-state index is 5.12. The molecule has 2 aliphatic heterocycles. The van der Waals surface area contributed by atoms with Crippen LogP contribution in [0.25, 0.3) is 22.1 Å². The van der Waals surface area contributed by atoms with Gasteiger partial charge in [-0.05, 0) is 63.2 Å². The van der Waals surface area contributed by atoms with Gasteiger partial charge < -0.3 is 18.9 Å². The second-order valence-corrected chi connectivity index (χ2v) is 12.5. The summed E-state index contributed by atoms with van der Waals surface area (Å²) in [4.78, 5) is 20.0. The van der Waals surface area contributed by atoms with Crippen LogP contribution < -0.4 is 4.90 Å². The number of rotatable bonds is 7. The van der Waals surface area contributed by atoms with E-state index in [1.165, 1.54) is 27.7 Å². The van der Waals surface area contributed by atoms with E-state index in [1.54, 1.807) is 0 Å². The fourth-order valence-electron chi connectivity index (χ4n) is 6.52. The van der Waals surface area contributed by atoms with Crippen molar-refractivity contribution >= 4 is 27.8 Å². The van der Waals surface area contributed by atoms with Crippen LogP contribution in [0, 0.1) is 0 Å². The normalized spacial score (nSPS) is 20.1. The first-order valence-corrected chi connectivity index (χ1v) is 15.1. The lowest BCUT2D eigenvalue weighted by atomic mass is 9.99. The fourth-order valence-corrected chi connectivity index (χ4v) is 6.52. The highest BCUT2D eigenvalue weighted by atomic mass is 15.3. The molecule has 0 aromatic carbocycles. The summed E-state index contributed by atoms with van der Waals surface area (Å²) in [5.74, 6) is 0.457. The first-order chi connectivity index (χ1) is 19.3. The van der Waals surface area contributed by atoms with E-state index < -0.39 is 0 Å². The Morgan fingerprint density at radius 1 is 0.925 bits per heavy atom. The molecule has 2 fully saturated rings. The van der Waals surface area contributed by atoms with Gasteiger partial charge in [0, 0.05) is 95.1 Å². The van der Waals surface area contributed by atoms with Gasteiger partial charge in [0.1, 0.15) is 11.2 Å². The van der Waals surface area contributed by atoms with Crippen LogP contribution in [-0.2, 0) is 6.54 Å². The van der Waals surface area contributed by atoms with Crippen LogP contribution in [0.15, 0.2) is 43.0 Å². The molecule has 0 saturated carbocycles. The van der Waals surface area contributed by atoms with Crippen molar-refractivity contribution < 1.29 is 0 Å². The average molecular weight is 543 g/mol. The number of nitrogens with zero attached hydrogens (tertiary/aromatic N) is 8. The molecule has 6 heterocycles. The summed E-state index contributed by atoms with van der Waals surface area (Å²) in [6, 6.07) is 7.34. The van der Waals surface area contributed by atoms with Crippen LogP contribution in [0.5, 0.6) is 0 Å². The van der Waals surface area contributed by atoms with Crippen LogP contribution in [0.2, 0.25) is 0 Å². The minimum atomic E-state index is 0.278. The summed E-state index contributed by atoms with van der Waals surface area (Å²) in [6.45, 7) is 18.7. The van der Waals surface area contributed by atoms with Gasteiger partial charge in [0.05, 0.1) is 17.2 Å². The number of hydrogen-bond donors (Lipinski definition) is 0. The van der Waals surface area contributed by atoms with E-state index in [0.717, 1.165) is 70.1 Å². The first kappa shape index (κ1) is 27.2. The van der Waals surface area contributed by atoms with Gasteiger partial charge in [-0.2, -0.15) is 0 Å². The van der Waals surface area contributed by atoms with Crippen molar-refractivity contribution in [2.24, 2.45) is 0 Å². The lowest BCUT2D eigenvalue weighted by molar-refractivity contribution is 0.150. The second kappa shape index (κ2) is 11.1. The number of likely N-dealkylation sites (N-methyl/N-ethyl adjacent to an activating group) is 2. The largest absolute Gasteiger partial charge is 0.365 e. The highest BCUT2D eigenvalue weighted by Gasteiger charge is 2.29. The van der Waals surface area contributed by atoms with Gasteiger partial charge in [0.15, 0.2) is 0 Å². The van der Waals surface area contributed by atoms with Crippen LogP contribution in [0.4, 0.5) is 5.69 Å². The standard InChI is InChI=1S/C32H46N8/c1-23(2)27-20-39(17-15-37-13-10-35(5)11-14-37)32-26(27)18-25(19-34-32)29-21-38(16-12-36(29)6)30-22-40(24(3)4)28-8-7-9-33-31(28)30/h7-9,18-20,22-24,29H,10-17,21H2,1-6H3. The Hall–Kier alpha value is -2.94. The predicted octanol–water partition coefficient (Wildman–Crippen LogP) is 4.83. The predicted molar refractivity (Wildman–Crippen MR) is 165 cm³/mol. The summed E-state index contributed by atoms with van der Waals surface area (Å²) < 4.78 is 4.76. The van der Waals surface area contributed by atoms with Gasteiger partial charge in [-0.15, -0.1) is 0 Å². The molecule has 0 amide bonds. The molecule has 0 spiro atoms. The van der Waals surface area contributed by atoms with Crippen molar-refractivity contribution in [3.63, 3.8) is 0 Å².